The molecule has 0 saturated carbocycles. The number of nitrogens with two attached hydrogens (primary N) is 1. The minimum absolute atomic E-state index is 0.325. The summed E-state index contributed by atoms with van der Waals surface area (Å²) in [7, 11) is 0. The van der Waals surface area contributed by atoms with Crippen molar-refractivity contribution in [1.82, 2.24) is 15.2 Å². The van der Waals surface area contributed by atoms with E-state index >= 15 is 0 Å². The second-order valence-electron chi connectivity index (χ2n) is 6.93. The van der Waals surface area contributed by atoms with Gasteiger partial charge in [-0.05, 0) is 42.0 Å². The van der Waals surface area contributed by atoms with Crippen molar-refractivity contribution in [2.24, 2.45) is 5.73 Å². The highest BCUT2D eigenvalue weighted by Gasteiger charge is 2.30. The molecule has 4 rings (SSSR count). The molecule has 0 amide bonds. The van der Waals surface area contributed by atoms with Crippen LogP contribution >= 0.6 is 22.7 Å². The highest BCUT2D eigenvalue weighted by Crippen LogP contribution is 2.36. The van der Waals surface area contributed by atoms with Crippen molar-refractivity contribution in [1.29, 1.82) is 0 Å². The zero-order valence-electron chi connectivity index (χ0n) is 15.9. The van der Waals surface area contributed by atoms with E-state index in [4.69, 9.17) is 5.73 Å². The van der Waals surface area contributed by atoms with Crippen LogP contribution in [0.25, 0.3) is 20.0 Å². The summed E-state index contributed by atoms with van der Waals surface area (Å²) in [5.74, 6) is 0. The summed E-state index contributed by atoms with van der Waals surface area (Å²) >= 11 is 3.02. The van der Waals surface area contributed by atoms with Crippen molar-refractivity contribution in [2.75, 3.05) is 11.9 Å². The Morgan fingerprint density at radius 3 is 2.73 bits per heavy atom. The molecular weight excluding hydrogens is 431 g/mol. The van der Waals surface area contributed by atoms with Gasteiger partial charge >= 0.3 is 6.18 Å². The fourth-order valence-corrected chi connectivity index (χ4v) is 4.96. The number of thiophene rings is 1. The van der Waals surface area contributed by atoms with E-state index in [1.165, 1.54) is 17.4 Å². The van der Waals surface area contributed by atoms with Crippen molar-refractivity contribution in [3.8, 4) is 9.88 Å². The number of alkyl halides is 3. The van der Waals surface area contributed by atoms with Crippen LogP contribution in [-0.4, -0.2) is 27.8 Å². The summed E-state index contributed by atoms with van der Waals surface area (Å²) < 4.78 is 39.6. The van der Waals surface area contributed by atoms with E-state index in [-0.39, 0.29) is 6.04 Å². The first-order valence-corrected chi connectivity index (χ1v) is 10.8. The zero-order chi connectivity index (χ0) is 21.3. The Labute approximate surface area is 178 Å². The van der Waals surface area contributed by atoms with Crippen LogP contribution in [0.3, 0.4) is 0 Å². The molecule has 4 aromatic rings. The molecule has 10 heteroatoms. The molecule has 0 spiro atoms. The number of benzene rings is 1. The second kappa shape index (κ2) is 8.29. The number of nitrogens with one attached hydrogen (secondary N) is 1. The van der Waals surface area contributed by atoms with Gasteiger partial charge in [0.15, 0.2) is 5.01 Å². The number of pyridine rings is 1. The minimum atomic E-state index is -4.36. The van der Waals surface area contributed by atoms with Gasteiger partial charge in [-0.15, -0.1) is 21.5 Å². The molecule has 0 unspecified atom stereocenters. The van der Waals surface area contributed by atoms with Crippen LogP contribution in [0.4, 0.5) is 18.3 Å². The third-order valence-electron chi connectivity index (χ3n) is 4.55. The van der Waals surface area contributed by atoms with E-state index in [1.54, 1.807) is 17.4 Å². The minimum Gasteiger partial charge on any atom is -0.359 e. The Bertz CT molecular complexity index is 1170. The van der Waals surface area contributed by atoms with Crippen molar-refractivity contribution in [2.45, 2.75) is 25.6 Å². The normalized spacial score (nSPS) is 13.0. The maximum absolute atomic E-state index is 12.8. The predicted molar refractivity (Wildman–Crippen MR) is 115 cm³/mol. The van der Waals surface area contributed by atoms with Gasteiger partial charge in [-0.1, -0.05) is 29.5 Å². The number of aromatic nitrogens is 3. The molecule has 3 aromatic heterocycles. The highest BCUT2D eigenvalue weighted by atomic mass is 32.1. The van der Waals surface area contributed by atoms with Gasteiger partial charge < -0.3 is 11.1 Å². The second-order valence-corrected chi connectivity index (χ2v) is 9.00. The van der Waals surface area contributed by atoms with Crippen LogP contribution in [0.1, 0.15) is 16.7 Å². The number of nitrogens with zero attached hydrogens (tertiary/aromatic N) is 3. The Kier molecular flexibility index (Phi) is 5.72. The SMILES string of the molecule is Cc1cncc2sc(-c3nnc(NC[C@@H](N)Cc4cccc(C(F)(F)F)c4)s3)cc12. The average Bonchev–Trinajstić information content (AvgIpc) is 3.33. The van der Waals surface area contributed by atoms with Crippen LogP contribution < -0.4 is 11.1 Å². The predicted octanol–water partition coefficient (Wildman–Crippen LogP) is 5.12. The summed E-state index contributed by atoms with van der Waals surface area (Å²) in [5, 5.41) is 14.1. The lowest BCUT2D eigenvalue weighted by Crippen LogP contribution is -2.31. The van der Waals surface area contributed by atoms with Crippen molar-refractivity contribution in [3.63, 3.8) is 0 Å². The Balaban J connectivity index is 1.39. The van der Waals surface area contributed by atoms with Gasteiger partial charge in [0.05, 0.1) is 15.1 Å². The van der Waals surface area contributed by atoms with Crippen molar-refractivity contribution >= 4 is 37.9 Å². The smallest absolute Gasteiger partial charge is 0.359 e. The molecular formula is C20H18F3N5S2. The lowest BCUT2D eigenvalue weighted by molar-refractivity contribution is -0.137. The summed E-state index contributed by atoms with van der Waals surface area (Å²) in [6.07, 6.45) is -0.366. The van der Waals surface area contributed by atoms with Gasteiger partial charge in [-0.25, -0.2) is 0 Å². The summed E-state index contributed by atoms with van der Waals surface area (Å²) in [4.78, 5) is 5.23. The lowest BCUT2D eigenvalue weighted by Gasteiger charge is -2.13. The number of hydrogen-bond acceptors (Lipinski definition) is 7. The van der Waals surface area contributed by atoms with Crippen LogP contribution in [0.5, 0.6) is 0 Å². The van der Waals surface area contributed by atoms with Crippen LogP contribution in [0, 0.1) is 6.92 Å². The molecule has 30 heavy (non-hydrogen) atoms. The topological polar surface area (TPSA) is 76.7 Å². The molecule has 0 aliphatic carbocycles. The lowest BCUT2D eigenvalue weighted by atomic mass is 10.0. The van der Waals surface area contributed by atoms with Gasteiger partial charge in [0, 0.05) is 25.0 Å². The van der Waals surface area contributed by atoms with E-state index in [0.29, 0.717) is 23.7 Å². The average molecular weight is 450 g/mol. The molecule has 3 N–H and O–H groups in total. The monoisotopic (exact) mass is 449 g/mol. The fraction of sp³-hybridized carbons (Fsp3) is 0.250. The van der Waals surface area contributed by atoms with Gasteiger partial charge in [0.1, 0.15) is 0 Å². The van der Waals surface area contributed by atoms with E-state index in [9.17, 15) is 13.2 Å². The zero-order valence-corrected chi connectivity index (χ0v) is 17.5. The molecule has 156 valence electrons. The maximum atomic E-state index is 12.8. The Morgan fingerprint density at radius 2 is 1.97 bits per heavy atom. The molecule has 5 nitrogen and oxygen atoms in total. The van der Waals surface area contributed by atoms with E-state index in [1.807, 2.05) is 19.3 Å². The maximum Gasteiger partial charge on any atom is 0.416 e. The number of halogens is 3. The first-order valence-electron chi connectivity index (χ1n) is 9.13. The molecule has 1 atom stereocenters. The number of anilines is 1. The number of rotatable bonds is 6. The summed E-state index contributed by atoms with van der Waals surface area (Å²) in [5.41, 5.74) is 7.10. The van der Waals surface area contributed by atoms with Gasteiger partial charge in [0.25, 0.3) is 0 Å². The third-order valence-corrected chi connectivity index (χ3v) is 6.67. The Hall–Kier alpha value is -2.56. The number of hydrogen-bond donors (Lipinski definition) is 2. The van der Waals surface area contributed by atoms with Gasteiger partial charge in [0.2, 0.25) is 5.13 Å². The molecule has 0 aliphatic rings. The standard InChI is InChI=1S/C20H18F3N5S2/c1-11-8-25-10-17-15(11)7-16(29-17)18-27-28-19(30-18)26-9-14(24)6-12-3-2-4-13(5-12)20(21,22)23/h2-5,7-8,10,14H,6,9,24H2,1H3,(H,26,28)/t14-/m0/s1. The van der Waals surface area contributed by atoms with E-state index in [2.05, 4.69) is 26.6 Å². The van der Waals surface area contributed by atoms with Crippen molar-refractivity contribution in [3.05, 3.63) is 59.4 Å². The molecule has 0 radical (unpaired) electrons. The van der Waals surface area contributed by atoms with Gasteiger partial charge in [-0.3, -0.25) is 4.98 Å². The molecule has 0 saturated heterocycles. The molecule has 3 heterocycles. The number of fused-ring (bicyclic) bond motifs is 1. The first-order chi connectivity index (χ1) is 14.3. The number of aryl methyl sites for hydroxylation is 1. The summed E-state index contributed by atoms with van der Waals surface area (Å²) in [6.45, 7) is 2.39. The fourth-order valence-electron chi connectivity index (χ4n) is 3.06. The quantitative estimate of drug-likeness (QED) is 0.427. The molecule has 0 fully saturated rings. The largest absolute Gasteiger partial charge is 0.416 e. The Morgan fingerprint density at radius 1 is 1.13 bits per heavy atom. The molecule has 1 aromatic carbocycles. The van der Waals surface area contributed by atoms with E-state index < -0.39 is 11.7 Å². The van der Waals surface area contributed by atoms with Crippen molar-refractivity contribution < 1.29 is 13.2 Å². The van der Waals surface area contributed by atoms with E-state index in [0.717, 1.165) is 37.7 Å². The van der Waals surface area contributed by atoms with Crippen LogP contribution in [-0.2, 0) is 12.6 Å². The van der Waals surface area contributed by atoms with Gasteiger partial charge in [-0.2, -0.15) is 13.2 Å². The first kappa shape index (κ1) is 20.7. The van der Waals surface area contributed by atoms with Crippen LogP contribution in [0.2, 0.25) is 0 Å². The third kappa shape index (κ3) is 4.61. The summed E-state index contributed by atoms with van der Waals surface area (Å²) in [6, 6.07) is 6.97. The van der Waals surface area contributed by atoms with Crippen LogP contribution in [0.15, 0.2) is 42.7 Å². The molecule has 0 bridgehead atoms. The highest BCUT2D eigenvalue weighted by molar-refractivity contribution is 7.26. The molecule has 0 aliphatic heterocycles.